The molecule has 2 aromatic rings. The van der Waals surface area contributed by atoms with E-state index in [9.17, 15) is 4.21 Å². The van der Waals surface area contributed by atoms with Crippen molar-refractivity contribution in [2.24, 2.45) is 9.36 Å². The molecular formula is C18H22ClN3OS. The second kappa shape index (κ2) is 7.81. The van der Waals surface area contributed by atoms with Crippen LogP contribution >= 0.6 is 11.6 Å². The lowest BCUT2D eigenvalue weighted by atomic mass is 10.2. The van der Waals surface area contributed by atoms with Gasteiger partial charge in [-0.15, -0.1) is 0 Å². The van der Waals surface area contributed by atoms with E-state index >= 15 is 0 Å². The number of hydrogen-bond acceptors (Lipinski definition) is 3. The molecule has 0 saturated carbocycles. The quantitative estimate of drug-likeness (QED) is 0.551. The molecule has 1 unspecified atom stereocenters. The summed E-state index contributed by atoms with van der Waals surface area (Å²) < 4.78 is 17.4. The van der Waals surface area contributed by atoms with Crippen LogP contribution in [0.3, 0.4) is 0 Å². The van der Waals surface area contributed by atoms with Crippen LogP contribution in [0, 0.1) is 6.92 Å². The Labute approximate surface area is 149 Å². The first-order valence-electron chi connectivity index (χ1n) is 7.65. The van der Waals surface area contributed by atoms with Gasteiger partial charge in [0.25, 0.3) is 0 Å². The molecule has 4 nitrogen and oxygen atoms in total. The first-order valence-corrected chi connectivity index (χ1v) is 9.95. The van der Waals surface area contributed by atoms with Crippen LogP contribution in [0.2, 0.25) is 5.02 Å². The Kier molecular flexibility index (Phi) is 6.02. The van der Waals surface area contributed by atoms with Crippen molar-refractivity contribution < 1.29 is 4.21 Å². The molecule has 0 radical (unpaired) electrons. The summed E-state index contributed by atoms with van der Waals surface area (Å²) in [6.45, 7) is 4.82. The fourth-order valence-electron chi connectivity index (χ4n) is 2.01. The fraction of sp³-hybridized carbons (Fsp3) is 0.278. The zero-order chi connectivity index (χ0) is 17.7. The summed E-state index contributed by atoms with van der Waals surface area (Å²) in [5, 5.41) is 0.489. The molecular weight excluding hydrogens is 342 g/mol. The molecule has 1 atom stereocenters. The van der Waals surface area contributed by atoms with E-state index in [1.54, 1.807) is 18.7 Å². The van der Waals surface area contributed by atoms with Gasteiger partial charge in [-0.2, -0.15) is 4.36 Å². The van der Waals surface area contributed by atoms with E-state index in [2.05, 4.69) is 9.36 Å². The van der Waals surface area contributed by atoms with Crippen LogP contribution in [0.25, 0.3) is 0 Å². The monoisotopic (exact) mass is 363 g/mol. The molecule has 0 fully saturated rings. The number of hydrogen-bond donors (Lipinski definition) is 0. The van der Waals surface area contributed by atoms with Crippen LogP contribution in [0.4, 0.5) is 11.4 Å². The van der Waals surface area contributed by atoms with Crippen LogP contribution in [0.5, 0.6) is 0 Å². The first-order chi connectivity index (χ1) is 11.3. The van der Waals surface area contributed by atoms with Crippen molar-refractivity contribution in [2.45, 2.75) is 18.7 Å². The molecule has 0 N–H and O–H groups in total. The van der Waals surface area contributed by atoms with Gasteiger partial charge in [0.05, 0.1) is 32.5 Å². The van der Waals surface area contributed by atoms with Crippen LogP contribution in [-0.2, 0) is 9.73 Å². The molecule has 0 aromatic heterocycles. The summed E-state index contributed by atoms with van der Waals surface area (Å²) in [6.07, 6.45) is 3.38. The molecule has 0 spiro atoms. The lowest BCUT2D eigenvalue weighted by Crippen LogP contribution is -2.14. The van der Waals surface area contributed by atoms with Crippen LogP contribution in [0.15, 0.2) is 56.7 Å². The van der Waals surface area contributed by atoms with Crippen LogP contribution in [-0.4, -0.2) is 35.3 Å². The van der Waals surface area contributed by atoms with Crippen molar-refractivity contribution in [3.8, 4) is 0 Å². The molecule has 128 valence electrons. The maximum atomic E-state index is 12.9. The number of aryl methyl sites for hydroxylation is 1. The van der Waals surface area contributed by atoms with E-state index in [-0.39, 0.29) is 0 Å². The highest BCUT2D eigenvalue weighted by atomic mass is 35.5. The minimum absolute atomic E-state index is 0.489. The summed E-state index contributed by atoms with van der Waals surface area (Å²) in [5.41, 5.74) is 2.19. The Hall–Kier alpha value is -1.85. The van der Waals surface area contributed by atoms with E-state index in [0.29, 0.717) is 21.3 Å². The van der Waals surface area contributed by atoms with Gasteiger partial charge in [-0.25, -0.2) is 9.20 Å². The smallest absolute Gasteiger partial charge is 0.0910 e. The minimum Gasteiger partial charge on any atom is -0.366 e. The fourth-order valence-corrected chi connectivity index (χ4v) is 3.56. The third-order valence-electron chi connectivity index (χ3n) is 3.61. The SMILES string of the molecule is CCN(C)C=Nc1cc(C)c(N=S(C)(=O)c2ccccc2)cc1Cl. The highest BCUT2D eigenvalue weighted by Crippen LogP contribution is 2.33. The number of nitrogens with zero attached hydrogens (tertiary/aromatic N) is 3. The maximum Gasteiger partial charge on any atom is 0.0910 e. The van der Waals surface area contributed by atoms with E-state index in [0.717, 1.165) is 12.1 Å². The van der Waals surface area contributed by atoms with E-state index in [4.69, 9.17) is 11.6 Å². The third-order valence-corrected chi connectivity index (χ3v) is 5.61. The predicted molar refractivity (Wildman–Crippen MR) is 104 cm³/mol. The highest BCUT2D eigenvalue weighted by Gasteiger charge is 2.09. The molecule has 0 aliphatic carbocycles. The third kappa shape index (κ3) is 4.58. The summed E-state index contributed by atoms with van der Waals surface area (Å²) in [6, 6.07) is 12.8. The lowest BCUT2D eigenvalue weighted by molar-refractivity contribution is 0.552. The molecule has 0 aliphatic rings. The molecule has 0 bridgehead atoms. The Morgan fingerprint density at radius 2 is 1.88 bits per heavy atom. The average Bonchev–Trinajstić information content (AvgIpc) is 2.57. The predicted octanol–water partition coefficient (Wildman–Crippen LogP) is 5.05. The molecule has 24 heavy (non-hydrogen) atoms. The van der Waals surface area contributed by atoms with E-state index in [1.165, 1.54) is 0 Å². The number of aliphatic imine (C=N–C) groups is 1. The first kappa shape index (κ1) is 18.5. The van der Waals surface area contributed by atoms with E-state index < -0.39 is 9.73 Å². The maximum absolute atomic E-state index is 12.9. The van der Waals surface area contributed by atoms with Gasteiger partial charge in [-0.3, -0.25) is 0 Å². The zero-order valence-electron chi connectivity index (χ0n) is 14.4. The Morgan fingerprint density at radius 1 is 1.21 bits per heavy atom. The lowest BCUT2D eigenvalue weighted by Gasteiger charge is -2.10. The van der Waals surface area contributed by atoms with Crippen molar-refractivity contribution in [1.82, 2.24) is 4.90 Å². The Balaban J connectivity index is 2.43. The van der Waals surface area contributed by atoms with Gasteiger partial charge in [0.2, 0.25) is 0 Å². The molecule has 6 heteroatoms. The second-order valence-corrected chi connectivity index (χ2v) is 8.28. The standard InChI is InChI=1S/C18H22ClN3OS/c1-5-22(3)13-20-18-11-14(2)17(12-16(18)19)21-24(4,23)15-9-7-6-8-10-15/h6-13H,5H2,1-4H3. The Bertz CT molecular complexity index is 856. The van der Waals surface area contributed by atoms with Crippen molar-refractivity contribution in [1.29, 1.82) is 0 Å². The van der Waals surface area contributed by atoms with E-state index in [1.807, 2.05) is 62.2 Å². The summed E-state index contributed by atoms with van der Waals surface area (Å²) >= 11 is 6.32. The van der Waals surface area contributed by atoms with Gasteiger partial charge in [0.15, 0.2) is 0 Å². The topological polar surface area (TPSA) is 45.0 Å². The summed E-state index contributed by atoms with van der Waals surface area (Å²) in [7, 11) is -0.581. The van der Waals surface area contributed by atoms with Crippen LogP contribution < -0.4 is 0 Å². The molecule has 0 aliphatic heterocycles. The van der Waals surface area contributed by atoms with Gasteiger partial charge in [-0.05, 0) is 43.7 Å². The van der Waals surface area contributed by atoms with Gasteiger partial charge in [-0.1, -0.05) is 29.8 Å². The van der Waals surface area contributed by atoms with Crippen molar-refractivity contribution >= 4 is 39.0 Å². The molecule has 2 aromatic carbocycles. The highest BCUT2D eigenvalue weighted by molar-refractivity contribution is 7.93. The normalized spacial score (nSPS) is 13.7. The van der Waals surface area contributed by atoms with Crippen molar-refractivity contribution in [3.63, 3.8) is 0 Å². The average molecular weight is 364 g/mol. The summed E-state index contributed by atoms with van der Waals surface area (Å²) in [4.78, 5) is 7.05. The largest absolute Gasteiger partial charge is 0.366 e. The van der Waals surface area contributed by atoms with Gasteiger partial charge in [0.1, 0.15) is 0 Å². The zero-order valence-corrected chi connectivity index (χ0v) is 15.9. The number of halogens is 1. The molecule has 0 heterocycles. The van der Waals surface area contributed by atoms with Gasteiger partial charge in [0, 0.05) is 24.7 Å². The molecule has 0 amide bonds. The van der Waals surface area contributed by atoms with Gasteiger partial charge < -0.3 is 4.90 Å². The second-order valence-electron chi connectivity index (χ2n) is 5.61. The van der Waals surface area contributed by atoms with Crippen molar-refractivity contribution in [3.05, 3.63) is 53.1 Å². The molecule has 0 saturated heterocycles. The van der Waals surface area contributed by atoms with Crippen LogP contribution in [0.1, 0.15) is 12.5 Å². The summed E-state index contributed by atoms with van der Waals surface area (Å²) in [5.74, 6) is 0. The number of rotatable bonds is 5. The minimum atomic E-state index is -2.53. The molecule has 2 rings (SSSR count). The Morgan fingerprint density at radius 3 is 2.50 bits per heavy atom. The number of benzene rings is 2. The van der Waals surface area contributed by atoms with Gasteiger partial charge >= 0.3 is 0 Å². The van der Waals surface area contributed by atoms with Crippen molar-refractivity contribution in [2.75, 3.05) is 19.8 Å².